The number of anilines is 1. The van der Waals surface area contributed by atoms with E-state index in [4.69, 9.17) is 9.47 Å². The number of para-hydroxylation sites is 1. The number of nitrogens with zero attached hydrogens (tertiary/aromatic N) is 4. The molecule has 0 spiro atoms. The van der Waals surface area contributed by atoms with Gasteiger partial charge in [0.05, 0.1) is 13.2 Å². The van der Waals surface area contributed by atoms with Crippen LogP contribution in [0, 0.1) is 6.92 Å². The molecule has 0 radical (unpaired) electrons. The minimum atomic E-state index is -3.63. The van der Waals surface area contributed by atoms with Crippen molar-refractivity contribution in [1.82, 2.24) is 14.3 Å². The van der Waals surface area contributed by atoms with E-state index in [2.05, 4.69) is 9.97 Å². The first kappa shape index (κ1) is 20.3. The van der Waals surface area contributed by atoms with Gasteiger partial charge in [-0.05, 0) is 32.9 Å². The SMILES string of the molecule is COc1ccccc1S(=O)(=O)N1CCN(c2nc(C)cc(OC(C)C)n2)CC1. The minimum absolute atomic E-state index is 0.0185. The highest BCUT2D eigenvalue weighted by Crippen LogP contribution is 2.27. The summed E-state index contributed by atoms with van der Waals surface area (Å²) in [4.78, 5) is 11.1. The van der Waals surface area contributed by atoms with E-state index in [0.717, 1.165) is 5.69 Å². The molecule has 0 saturated carbocycles. The average molecular weight is 407 g/mol. The van der Waals surface area contributed by atoms with Gasteiger partial charge in [0.15, 0.2) is 0 Å². The number of hydrogen-bond acceptors (Lipinski definition) is 7. The Kier molecular flexibility index (Phi) is 6.04. The van der Waals surface area contributed by atoms with Gasteiger partial charge in [0.25, 0.3) is 0 Å². The predicted octanol–water partition coefficient (Wildman–Crippen LogP) is 2.09. The monoisotopic (exact) mass is 406 g/mol. The topological polar surface area (TPSA) is 84.9 Å². The van der Waals surface area contributed by atoms with Crippen molar-refractivity contribution >= 4 is 16.0 Å². The second-order valence-corrected chi connectivity index (χ2v) is 8.76. The third kappa shape index (κ3) is 4.36. The molecule has 0 atom stereocenters. The molecule has 28 heavy (non-hydrogen) atoms. The van der Waals surface area contributed by atoms with Gasteiger partial charge in [-0.2, -0.15) is 9.29 Å². The molecule has 152 valence electrons. The lowest BCUT2D eigenvalue weighted by molar-refractivity contribution is 0.232. The van der Waals surface area contributed by atoms with Crippen molar-refractivity contribution in [3.8, 4) is 11.6 Å². The van der Waals surface area contributed by atoms with Crippen LogP contribution >= 0.6 is 0 Å². The van der Waals surface area contributed by atoms with E-state index in [1.54, 1.807) is 30.3 Å². The molecule has 3 rings (SSSR count). The van der Waals surface area contributed by atoms with Gasteiger partial charge in [0, 0.05) is 37.9 Å². The Balaban J connectivity index is 1.75. The molecule has 0 bridgehead atoms. The number of methoxy groups -OCH3 is 1. The molecule has 1 aromatic carbocycles. The standard InChI is InChI=1S/C19H26N4O4S/c1-14(2)27-18-13-15(3)20-19(21-18)22-9-11-23(12-10-22)28(24,25)17-8-6-5-7-16(17)26-4/h5-8,13-14H,9-12H2,1-4H3. The van der Waals surface area contributed by atoms with E-state index in [9.17, 15) is 8.42 Å². The smallest absolute Gasteiger partial charge is 0.246 e. The zero-order valence-corrected chi connectivity index (χ0v) is 17.4. The molecule has 1 saturated heterocycles. The van der Waals surface area contributed by atoms with Crippen molar-refractivity contribution in [2.45, 2.75) is 31.8 Å². The lowest BCUT2D eigenvalue weighted by Crippen LogP contribution is -2.49. The molecule has 0 amide bonds. The maximum absolute atomic E-state index is 13.0. The predicted molar refractivity (Wildman–Crippen MR) is 106 cm³/mol. The number of aryl methyl sites for hydroxylation is 1. The summed E-state index contributed by atoms with van der Waals surface area (Å²) in [5.41, 5.74) is 0.810. The lowest BCUT2D eigenvalue weighted by atomic mass is 10.3. The molecule has 2 heterocycles. The molecule has 0 aliphatic carbocycles. The average Bonchev–Trinajstić information content (AvgIpc) is 2.67. The number of benzene rings is 1. The molecular formula is C19H26N4O4S. The maximum Gasteiger partial charge on any atom is 0.246 e. The Morgan fingerprint density at radius 1 is 1.07 bits per heavy atom. The maximum atomic E-state index is 13.0. The normalized spacial score (nSPS) is 15.7. The van der Waals surface area contributed by atoms with Gasteiger partial charge in [0.2, 0.25) is 21.9 Å². The van der Waals surface area contributed by atoms with Gasteiger partial charge in [-0.1, -0.05) is 12.1 Å². The largest absolute Gasteiger partial charge is 0.495 e. The fourth-order valence-electron chi connectivity index (χ4n) is 3.07. The van der Waals surface area contributed by atoms with Crippen LogP contribution in [0.3, 0.4) is 0 Å². The molecule has 0 N–H and O–H groups in total. The van der Waals surface area contributed by atoms with Crippen molar-refractivity contribution in [2.75, 3.05) is 38.2 Å². The van der Waals surface area contributed by atoms with Crippen molar-refractivity contribution in [2.24, 2.45) is 0 Å². The van der Waals surface area contributed by atoms with Gasteiger partial charge in [-0.15, -0.1) is 0 Å². The van der Waals surface area contributed by atoms with Crippen molar-refractivity contribution < 1.29 is 17.9 Å². The molecule has 0 unspecified atom stereocenters. The summed E-state index contributed by atoms with van der Waals surface area (Å²) in [6.45, 7) is 7.46. The number of hydrogen-bond donors (Lipinski definition) is 0. The van der Waals surface area contributed by atoms with Crippen molar-refractivity contribution in [3.05, 3.63) is 36.0 Å². The molecule has 1 aliphatic rings. The Hall–Kier alpha value is -2.39. The summed E-state index contributed by atoms with van der Waals surface area (Å²) in [6.07, 6.45) is 0.0185. The van der Waals surface area contributed by atoms with Crippen LogP contribution in [-0.4, -0.2) is 62.1 Å². The van der Waals surface area contributed by atoms with Gasteiger partial charge in [-0.25, -0.2) is 13.4 Å². The van der Waals surface area contributed by atoms with Crippen LogP contribution in [0.2, 0.25) is 0 Å². The number of aromatic nitrogens is 2. The van der Waals surface area contributed by atoms with Crippen LogP contribution in [0.4, 0.5) is 5.95 Å². The zero-order chi connectivity index (χ0) is 20.3. The highest BCUT2D eigenvalue weighted by Gasteiger charge is 2.31. The lowest BCUT2D eigenvalue weighted by Gasteiger charge is -2.34. The van der Waals surface area contributed by atoms with E-state index in [1.165, 1.54) is 11.4 Å². The Morgan fingerprint density at radius 2 is 1.75 bits per heavy atom. The summed E-state index contributed by atoms with van der Waals surface area (Å²) >= 11 is 0. The molecule has 2 aromatic rings. The number of piperazine rings is 1. The van der Waals surface area contributed by atoms with E-state index >= 15 is 0 Å². The van der Waals surface area contributed by atoms with E-state index in [0.29, 0.717) is 43.8 Å². The second-order valence-electron chi connectivity index (χ2n) is 6.86. The van der Waals surface area contributed by atoms with Crippen LogP contribution in [0.15, 0.2) is 35.2 Å². The van der Waals surface area contributed by atoms with E-state index < -0.39 is 10.0 Å². The van der Waals surface area contributed by atoms with E-state index in [-0.39, 0.29) is 11.0 Å². The molecule has 1 aliphatic heterocycles. The Labute approximate surface area is 166 Å². The number of ether oxygens (including phenoxy) is 2. The van der Waals surface area contributed by atoms with Crippen LogP contribution in [0.5, 0.6) is 11.6 Å². The highest BCUT2D eigenvalue weighted by atomic mass is 32.2. The van der Waals surface area contributed by atoms with Crippen LogP contribution in [0.1, 0.15) is 19.5 Å². The summed E-state index contributed by atoms with van der Waals surface area (Å²) in [5.74, 6) is 1.44. The summed E-state index contributed by atoms with van der Waals surface area (Å²) < 4.78 is 38.4. The van der Waals surface area contributed by atoms with Crippen LogP contribution in [0.25, 0.3) is 0 Å². The molecule has 9 heteroatoms. The zero-order valence-electron chi connectivity index (χ0n) is 16.6. The summed E-state index contributed by atoms with van der Waals surface area (Å²) in [7, 11) is -2.16. The fourth-order valence-corrected chi connectivity index (χ4v) is 4.65. The van der Waals surface area contributed by atoms with Gasteiger partial charge in [-0.3, -0.25) is 0 Å². The highest BCUT2D eigenvalue weighted by molar-refractivity contribution is 7.89. The van der Waals surface area contributed by atoms with Gasteiger partial charge < -0.3 is 14.4 Å². The number of sulfonamides is 1. The second kappa shape index (κ2) is 8.32. The first-order chi connectivity index (χ1) is 13.3. The quantitative estimate of drug-likeness (QED) is 0.726. The van der Waals surface area contributed by atoms with Crippen molar-refractivity contribution in [1.29, 1.82) is 0 Å². The Bertz CT molecular complexity index is 925. The van der Waals surface area contributed by atoms with E-state index in [1.807, 2.05) is 25.7 Å². The first-order valence-electron chi connectivity index (χ1n) is 9.21. The molecule has 1 aromatic heterocycles. The minimum Gasteiger partial charge on any atom is -0.495 e. The third-order valence-corrected chi connectivity index (χ3v) is 6.32. The molecule has 1 fully saturated rings. The fraction of sp³-hybridized carbons (Fsp3) is 0.474. The van der Waals surface area contributed by atoms with Crippen LogP contribution in [-0.2, 0) is 10.0 Å². The van der Waals surface area contributed by atoms with Gasteiger partial charge in [0.1, 0.15) is 10.6 Å². The summed E-state index contributed by atoms with van der Waals surface area (Å²) in [6, 6.07) is 8.47. The molecule has 8 nitrogen and oxygen atoms in total. The molecular weight excluding hydrogens is 380 g/mol. The summed E-state index contributed by atoms with van der Waals surface area (Å²) in [5, 5.41) is 0. The van der Waals surface area contributed by atoms with Crippen molar-refractivity contribution in [3.63, 3.8) is 0 Å². The third-order valence-electron chi connectivity index (χ3n) is 4.38. The van der Waals surface area contributed by atoms with Crippen LogP contribution < -0.4 is 14.4 Å². The van der Waals surface area contributed by atoms with Gasteiger partial charge >= 0.3 is 0 Å². The number of rotatable bonds is 6. The first-order valence-corrected chi connectivity index (χ1v) is 10.7. The Morgan fingerprint density at radius 3 is 2.39 bits per heavy atom.